The van der Waals surface area contributed by atoms with Gasteiger partial charge < -0.3 is 4.90 Å². The normalized spacial score (nSPS) is 21.3. The maximum Gasteiger partial charge on any atom is 0.0945 e. The van der Waals surface area contributed by atoms with Crippen molar-refractivity contribution in [2.24, 2.45) is 4.99 Å². The minimum atomic E-state index is 0.330. The van der Waals surface area contributed by atoms with Crippen molar-refractivity contribution in [1.82, 2.24) is 9.80 Å². The highest BCUT2D eigenvalue weighted by Gasteiger charge is 2.23. The number of aliphatic imine (C=N–C) groups is 1. The van der Waals surface area contributed by atoms with Crippen LogP contribution in [0.4, 0.5) is 0 Å². The first-order chi connectivity index (χ1) is 7.33. The van der Waals surface area contributed by atoms with Crippen molar-refractivity contribution in [2.75, 3.05) is 19.8 Å². The predicted molar refractivity (Wildman–Crippen MR) is 65.8 cm³/mol. The summed E-state index contributed by atoms with van der Waals surface area (Å²) in [6.45, 7) is 13.7. The number of hydrogen-bond acceptors (Lipinski definition) is 3. The van der Waals surface area contributed by atoms with E-state index >= 15 is 0 Å². The highest BCUT2D eigenvalue weighted by Crippen LogP contribution is 2.13. The second-order valence-corrected chi connectivity index (χ2v) is 3.49. The molecule has 0 bridgehead atoms. The van der Waals surface area contributed by atoms with Crippen molar-refractivity contribution in [3.63, 3.8) is 0 Å². The zero-order chi connectivity index (χ0) is 11.1. The van der Waals surface area contributed by atoms with Gasteiger partial charge in [-0.25, -0.2) is 0 Å². The largest absolute Gasteiger partial charge is 0.343 e. The molecular formula is C12H19N3. The number of rotatable bonds is 6. The van der Waals surface area contributed by atoms with Gasteiger partial charge in [-0.15, -0.1) is 19.7 Å². The van der Waals surface area contributed by atoms with Gasteiger partial charge in [0.15, 0.2) is 0 Å². The number of hydrogen-bond donors (Lipinski definition) is 0. The summed E-state index contributed by atoms with van der Waals surface area (Å²) >= 11 is 0. The molecule has 1 atom stereocenters. The molecule has 0 N–H and O–H groups in total. The van der Waals surface area contributed by atoms with Crippen LogP contribution in [0.25, 0.3) is 0 Å². The molecule has 0 amide bonds. The van der Waals surface area contributed by atoms with Gasteiger partial charge in [0.2, 0.25) is 0 Å². The fraction of sp³-hybridized carbons (Fsp3) is 0.417. The molecule has 1 rings (SSSR count). The smallest absolute Gasteiger partial charge is 0.0945 e. The molecule has 1 heterocycles. The predicted octanol–water partition coefficient (Wildman–Crippen LogP) is 1.86. The molecule has 1 aliphatic rings. The topological polar surface area (TPSA) is 18.8 Å². The van der Waals surface area contributed by atoms with E-state index in [1.807, 2.05) is 24.6 Å². The minimum Gasteiger partial charge on any atom is -0.343 e. The zero-order valence-electron chi connectivity index (χ0n) is 9.18. The van der Waals surface area contributed by atoms with Crippen molar-refractivity contribution in [3.05, 3.63) is 38.0 Å². The van der Waals surface area contributed by atoms with Gasteiger partial charge in [-0.05, 0) is 6.42 Å². The summed E-state index contributed by atoms with van der Waals surface area (Å²) in [6.07, 6.45) is 8.89. The van der Waals surface area contributed by atoms with Crippen LogP contribution in [0.3, 0.4) is 0 Å². The van der Waals surface area contributed by atoms with E-state index in [0.717, 1.165) is 26.2 Å². The molecular weight excluding hydrogens is 186 g/mol. The van der Waals surface area contributed by atoms with Gasteiger partial charge >= 0.3 is 0 Å². The molecule has 15 heavy (non-hydrogen) atoms. The second kappa shape index (κ2) is 6.19. The molecule has 0 aromatic rings. The lowest BCUT2D eigenvalue weighted by Gasteiger charge is -2.39. The van der Waals surface area contributed by atoms with E-state index in [9.17, 15) is 0 Å². The van der Waals surface area contributed by atoms with Gasteiger partial charge in [-0.2, -0.15) is 0 Å². The minimum absolute atomic E-state index is 0.330. The lowest BCUT2D eigenvalue weighted by molar-refractivity contribution is 0.105. The van der Waals surface area contributed by atoms with Crippen molar-refractivity contribution in [1.29, 1.82) is 0 Å². The maximum absolute atomic E-state index is 4.31. The first kappa shape index (κ1) is 11.7. The van der Waals surface area contributed by atoms with Gasteiger partial charge in [0, 0.05) is 13.1 Å². The van der Waals surface area contributed by atoms with Gasteiger partial charge in [0.05, 0.1) is 19.2 Å². The number of nitrogens with zero attached hydrogens (tertiary/aromatic N) is 3. The summed E-state index contributed by atoms with van der Waals surface area (Å²) in [4.78, 5) is 8.74. The van der Waals surface area contributed by atoms with Crippen LogP contribution in [0.15, 0.2) is 43.0 Å². The second-order valence-electron chi connectivity index (χ2n) is 3.49. The highest BCUT2D eigenvalue weighted by molar-refractivity contribution is 5.56. The van der Waals surface area contributed by atoms with Crippen LogP contribution in [0.5, 0.6) is 0 Å². The molecule has 0 saturated heterocycles. The Balaban J connectivity index is 2.72. The third kappa shape index (κ3) is 3.06. The molecule has 3 nitrogen and oxygen atoms in total. The van der Waals surface area contributed by atoms with E-state index in [0.29, 0.717) is 6.17 Å². The Kier molecular flexibility index (Phi) is 4.84. The molecule has 0 aliphatic carbocycles. The Bertz CT molecular complexity index is 258. The summed E-state index contributed by atoms with van der Waals surface area (Å²) in [5.41, 5.74) is 0. The molecule has 0 fully saturated rings. The molecule has 82 valence electrons. The SMILES string of the molecule is C=CCC1N(CC=C)C=NCN1CC=C. The van der Waals surface area contributed by atoms with Crippen LogP contribution in [0.2, 0.25) is 0 Å². The van der Waals surface area contributed by atoms with E-state index in [2.05, 4.69) is 34.5 Å². The summed E-state index contributed by atoms with van der Waals surface area (Å²) in [5.74, 6) is 0. The van der Waals surface area contributed by atoms with Crippen LogP contribution in [-0.4, -0.2) is 42.1 Å². The molecule has 0 radical (unpaired) electrons. The molecule has 0 aromatic heterocycles. The fourth-order valence-electron chi connectivity index (χ4n) is 1.72. The molecule has 0 spiro atoms. The van der Waals surface area contributed by atoms with Crippen molar-refractivity contribution < 1.29 is 0 Å². The average molecular weight is 205 g/mol. The Morgan fingerprint density at radius 3 is 2.53 bits per heavy atom. The van der Waals surface area contributed by atoms with E-state index in [1.54, 1.807) is 0 Å². The standard InChI is InChI=1S/C12H19N3/c1-4-7-12-14(8-5-2)10-13-11-15(12)9-6-3/h4-6,10,12H,1-3,7-9,11H2. The van der Waals surface area contributed by atoms with Crippen LogP contribution < -0.4 is 0 Å². The van der Waals surface area contributed by atoms with E-state index < -0.39 is 0 Å². The Morgan fingerprint density at radius 2 is 1.93 bits per heavy atom. The fourth-order valence-corrected chi connectivity index (χ4v) is 1.72. The van der Waals surface area contributed by atoms with Crippen LogP contribution in [0, 0.1) is 0 Å². The first-order valence-corrected chi connectivity index (χ1v) is 5.16. The molecule has 3 heteroatoms. The highest BCUT2D eigenvalue weighted by atomic mass is 15.4. The Labute approximate surface area is 92.1 Å². The monoisotopic (exact) mass is 205 g/mol. The van der Waals surface area contributed by atoms with Crippen LogP contribution >= 0.6 is 0 Å². The Hall–Kier alpha value is -1.35. The van der Waals surface area contributed by atoms with E-state index in [1.165, 1.54) is 0 Å². The third-order valence-corrected chi connectivity index (χ3v) is 2.38. The lowest BCUT2D eigenvalue weighted by Crippen LogP contribution is -2.50. The molecule has 1 aliphatic heterocycles. The van der Waals surface area contributed by atoms with Gasteiger partial charge in [0.1, 0.15) is 0 Å². The zero-order valence-corrected chi connectivity index (χ0v) is 9.18. The summed E-state index contributed by atoms with van der Waals surface area (Å²) in [6, 6.07) is 0. The van der Waals surface area contributed by atoms with Gasteiger partial charge in [0.25, 0.3) is 0 Å². The molecule has 1 unspecified atom stereocenters. The van der Waals surface area contributed by atoms with E-state index in [4.69, 9.17) is 0 Å². The summed E-state index contributed by atoms with van der Waals surface area (Å²) in [7, 11) is 0. The van der Waals surface area contributed by atoms with E-state index in [-0.39, 0.29) is 0 Å². The lowest BCUT2D eigenvalue weighted by atomic mass is 10.2. The summed E-state index contributed by atoms with van der Waals surface area (Å²) < 4.78 is 0. The summed E-state index contributed by atoms with van der Waals surface area (Å²) in [5, 5.41) is 0. The van der Waals surface area contributed by atoms with Crippen LogP contribution in [-0.2, 0) is 0 Å². The van der Waals surface area contributed by atoms with Crippen molar-refractivity contribution in [3.8, 4) is 0 Å². The Morgan fingerprint density at radius 1 is 1.20 bits per heavy atom. The van der Waals surface area contributed by atoms with Crippen LogP contribution in [0.1, 0.15) is 6.42 Å². The van der Waals surface area contributed by atoms with Gasteiger partial charge in [-0.1, -0.05) is 18.2 Å². The average Bonchev–Trinajstić information content (AvgIpc) is 2.23. The molecule has 0 saturated carbocycles. The maximum atomic E-state index is 4.31. The quantitative estimate of drug-likeness (QED) is 0.616. The third-order valence-electron chi connectivity index (χ3n) is 2.38. The van der Waals surface area contributed by atoms with Crippen molar-refractivity contribution in [2.45, 2.75) is 12.6 Å². The first-order valence-electron chi connectivity index (χ1n) is 5.16. The van der Waals surface area contributed by atoms with Gasteiger partial charge in [-0.3, -0.25) is 9.89 Å². The van der Waals surface area contributed by atoms with Crippen molar-refractivity contribution >= 4 is 6.34 Å². The molecule has 0 aromatic carbocycles.